The molecule has 0 spiro atoms. The van der Waals surface area contributed by atoms with Crippen molar-refractivity contribution in [2.45, 2.75) is 19.3 Å². The zero-order valence-electron chi connectivity index (χ0n) is 13.9. The van der Waals surface area contributed by atoms with Crippen LogP contribution in [-0.4, -0.2) is 31.3 Å². The fourth-order valence-corrected chi connectivity index (χ4v) is 3.30. The normalized spacial score (nSPS) is 18.3. The highest BCUT2D eigenvalue weighted by molar-refractivity contribution is 5.78. The number of pyridine rings is 1. The second-order valence-corrected chi connectivity index (χ2v) is 6.04. The van der Waals surface area contributed by atoms with Gasteiger partial charge in [0.1, 0.15) is 19.0 Å². The van der Waals surface area contributed by atoms with Crippen molar-refractivity contribution in [3.63, 3.8) is 0 Å². The number of hydrogen-bond acceptors (Lipinski definition) is 6. The van der Waals surface area contributed by atoms with E-state index in [1.807, 2.05) is 0 Å². The summed E-state index contributed by atoms with van der Waals surface area (Å²) in [6, 6.07) is 5.24. The Morgan fingerprint density at radius 3 is 2.72 bits per heavy atom. The number of ether oxygens (including phenoxy) is 4. The van der Waals surface area contributed by atoms with E-state index < -0.39 is 5.92 Å². The molecule has 0 saturated carbocycles. The second kappa shape index (κ2) is 5.84. The molecule has 2 aliphatic rings. The summed E-state index contributed by atoms with van der Waals surface area (Å²) in [6.45, 7) is 2.62. The van der Waals surface area contributed by atoms with Gasteiger partial charge >= 0.3 is 5.97 Å². The molecule has 2 aromatic rings. The van der Waals surface area contributed by atoms with Crippen LogP contribution in [0.5, 0.6) is 23.0 Å². The van der Waals surface area contributed by atoms with Gasteiger partial charge in [0.15, 0.2) is 11.5 Å². The number of H-pyrrole nitrogens is 1. The number of benzene rings is 1. The van der Waals surface area contributed by atoms with Crippen LogP contribution in [0.3, 0.4) is 0 Å². The van der Waals surface area contributed by atoms with E-state index in [0.717, 1.165) is 5.56 Å². The Balaban J connectivity index is 1.89. The van der Waals surface area contributed by atoms with Gasteiger partial charge in [-0.25, -0.2) is 0 Å². The largest absolute Gasteiger partial charge is 0.493 e. The second-order valence-electron chi connectivity index (χ2n) is 6.04. The molecular formula is C18H17NO6. The minimum Gasteiger partial charge on any atom is -0.493 e. The summed E-state index contributed by atoms with van der Waals surface area (Å²) in [4.78, 5) is 27.3. The van der Waals surface area contributed by atoms with Gasteiger partial charge in [-0.2, -0.15) is 0 Å². The molecule has 0 radical (unpaired) electrons. The average Bonchev–Trinajstić information content (AvgIpc) is 2.59. The number of carbonyl (C=O) groups is 1. The molecule has 3 heterocycles. The topological polar surface area (TPSA) is 86.9 Å². The van der Waals surface area contributed by atoms with Gasteiger partial charge in [0.2, 0.25) is 5.75 Å². The maximum atomic E-state index is 12.5. The number of aromatic amines is 1. The number of nitrogens with one attached hydrogen (secondary N) is 1. The number of methoxy groups -OCH3 is 1. The molecule has 0 amide bonds. The van der Waals surface area contributed by atoms with Gasteiger partial charge in [-0.3, -0.25) is 9.59 Å². The van der Waals surface area contributed by atoms with Crippen LogP contribution < -0.4 is 24.5 Å². The Morgan fingerprint density at radius 2 is 1.92 bits per heavy atom. The monoisotopic (exact) mass is 343 g/mol. The molecular weight excluding hydrogens is 326 g/mol. The summed E-state index contributed by atoms with van der Waals surface area (Å²) >= 11 is 0. The van der Waals surface area contributed by atoms with Gasteiger partial charge in [-0.15, -0.1) is 0 Å². The summed E-state index contributed by atoms with van der Waals surface area (Å²) in [5.74, 6) is 1.08. The van der Waals surface area contributed by atoms with E-state index in [9.17, 15) is 9.59 Å². The molecule has 7 heteroatoms. The van der Waals surface area contributed by atoms with Gasteiger partial charge < -0.3 is 23.9 Å². The van der Waals surface area contributed by atoms with Crippen molar-refractivity contribution in [2.75, 3.05) is 20.3 Å². The molecule has 0 bridgehead atoms. The van der Waals surface area contributed by atoms with Crippen molar-refractivity contribution in [1.29, 1.82) is 0 Å². The number of aromatic nitrogens is 1. The minimum absolute atomic E-state index is 0.0714. The number of esters is 1. The summed E-state index contributed by atoms with van der Waals surface area (Å²) in [5, 5.41) is 0. The first-order chi connectivity index (χ1) is 12.1. The van der Waals surface area contributed by atoms with E-state index >= 15 is 0 Å². The average molecular weight is 343 g/mol. The molecule has 1 aromatic carbocycles. The summed E-state index contributed by atoms with van der Waals surface area (Å²) < 4.78 is 21.9. The summed E-state index contributed by atoms with van der Waals surface area (Å²) in [7, 11) is 1.54. The maximum Gasteiger partial charge on any atom is 0.312 e. The lowest BCUT2D eigenvalue weighted by molar-refractivity contribution is -0.135. The van der Waals surface area contributed by atoms with Crippen molar-refractivity contribution < 1.29 is 23.7 Å². The third-order valence-corrected chi connectivity index (χ3v) is 4.36. The molecule has 0 saturated heterocycles. The Hall–Kier alpha value is -2.96. The third kappa shape index (κ3) is 2.61. The van der Waals surface area contributed by atoms with Crippen LogP contribution in [0.25, 0.3) is 0 Å². The fraction of sp³-hybridized carbons (Fsp3) is 0.333. The first-order valence-corrected chi connectivity index (χ1v) is 7.99. The Kier molecular flexibility index (Phi) is 3.63. The van der Waals surface area contributed by atoms with Crippen molar-refractivity contribution in [3.8, 4) is 23.0 Å². The molecule has 4 rings (SSSR count). The van der Waals surface area contributed by atoms with Crippen molar-refractivity contribution in [3.05, 3.63) is 45.4 Å². The third-order valence-electron chi connectivity index (χ3n) is 4.36. The number of rotatable bonds is 2. The predicted octanol–water partition coefficient (Wildman–Crippen LogP) is 1.90. The maximum absolute atomic E-state index is 12.5. The van der Waals surface area contributed by atoms with Crippen LogP contribution in [0.1, 0.15) is 29.2 Å². The van der Waals surface area contributed by atoms with Crippen molar-refractivity contribution in [1.82, 2.24) is 4.98 Å². The summed E-state index contributed by atoms with van der Waals surface area (Å²) in [6.07, 6.45) is 0.0714. The van der Waals surface area contributed by atoms with Gasteiger partial charge in [-0.1, -0.05) is 0 Å². The highest BCUT2D eigenvalue weighted by atomic mass is 16.6. The fourth-order valence-electron chi connectivity index (χ4n) is 3.30. The number of carbonyl (C=O) groups excluding carboxylic acids is 1. The minimum atomic E-state index is -0.440. The molecule has 1 aromatic heterocycles. The molecule has 2 aliphatic heterocycles. The molecule has 1 unspecified atom stereocenters. The van der Waals surface area contributed by atoms with E-state index in [4.69, 9.17) is 18.9 Å². The van der Waals surface area contributed by atoms with E-state index in [1.54, 1.807) is 25.1 Å². The lowest BCUT2D eigenvalue weighted by atomic mass is 9.86. The van der Waals surface area contributed by atoms with Crippen LogP contribution in [0, 0.1) is 6.92 Å². The zero-order chi connectivity index (χ0) is 17.6. The van der Waals surface area contributed by atoms with Crippen LogP contribution in [0.15, 0.2) is 23.0 Å². The number of fused-ring (bicyclic) bond motifs is 2. The Bertz CT molecular complexity index is 899. The van der Waals surface area contributed by atoms with Crippen molar-refractivity contribution in [2.24, 2.45) is 0 Å². The Labute approximate surface area is 143 Å². The highest BCUT2D eigenvalue weighted by Crippen LogP contribution is 2.45. The SMILES string of the molecule is COc1cc(C2CC(=O)Oc3cc(C)[nH]c(=O)c32)cc2c1OCCO2. The summed E-state index contributed by atoms with van der Waals surface area (Å²) in [5.41, 5.74) is 1.55. The quantitative estimate of drug-likeness (QED) is 0.838. The number of aryl methyl sites for hydroxylation is 1. The Morgan fingerprint density at radius 1 is 1.12 bits per heavy atom. The van der Waals surface area contributed by atoms with Crippen LogP contribution in [0.2, 0.25) is 0 Å². The standard InChI is InChI=1S/C18H17NO6/c1-9-5-12-16(18(21)19-9)11(8-15(20)25-12)10-6-13(22-2)17-14(7-10)23-3-4-24-17/h5-7,11H,3-4,8H2,1-2H3,(H,19,21). The molecule has 1 N–H and O–H groups in total. The van der Waals surface area contributed by atoms with Crippen LogP contribution >= 0.6 is 0 Å². The van der Waals surface area contributed by atoms with E-state index in [2.05, 4.69) is 4.98 Å². The lowest BCUT2D eigenvalue weighted by Gasteiger charge is -2.27. The first kappa shape index (κ1) is 15.6. The van der Waals surface area contributed by atoms with Crippen LogP contribution in [-0.2, 0) is 4.79 Å². The molecule has 0 fully saturated rings. The lowest BCUT2D eigenvalue weighted by Crippen LogP contribution is -2.28. The molecule has 7 nitrogen and oxygen atoms in total. The molecule has 0 aliphatic carbocycles. The first-order valence-electron chi connectivity index (χ1n) is 7.99. The molecule has 130 valence electrons. The van der Waals surface area contributed by atoms with Gasteiger partial charge in [0.25, 0.3) is 5.56 Å². The predicted molar refractivity (Wildman–Crippen MR) is 87.9 cm³/mol. The van der Waals surface area contributed by atoms with E-state index in [1.165, 1.54) is 7.11 Å². The number of hydrogen-bond donors (Lipinski definition) is 1. The van der Waals surface area contributed by atoms with Crippen LogP contribution in [0.4, 0.5) is 0 Å². The van der Waals surface area contributed by atoms with Gasteiger partial charge in [0.05, 0.1) is 19.1 Å². The smallest absolute Gasteiger partial charge is 0.312 e. The van der Waals surface area contributed by atoms with E-state index in [0.29, 0.717) is 47.5 Å². The molecule has 1 atom stereocenters. The highest BCUT2D eigenvalue weighted by Gasteiger charge is 2.33. The molecule has 25 heavy (non-hydrogen) atoms. The van der Waals surface area contributed by atoms with Gasteiger partial charge in [-0.05, 0) is 24.6 Å². The van der Waals surface area contributed by atoms with E-state index in [-0.39, 0.29) is 17.9 Å². The van der Waals surface area contributed by atoms with Crippen molar-refractivity contribution >= 4 is 5.97 Å². The van der Waals surface area contributed by atoms with Gasteiger partial charge in [0, 0.05) is 17.7 Å². The zero-order valence-corrected chi connectivity index (χ0v) is 13.9.